The largest absolute Gasteiger partial charge is 0.349 e. The molecule has 6 rings (SSSR count). The Balaban J connectivity index is 1.34. The first-order chi connectivity index (χ1) is 16.1. The molecular weight excluding hydrogens is 406 g/mol. The molecular formula is C29H31N3O. The van der Waals surface area contributed by atoms with Crippen molar-refractivity contribution in [3.05, 3.63) is 64.8 Å². The zero-order chi connectivity index (χ0) is 22.6. The molecule has 1 amide bonds. The van der Waals surface area contributed by atoms with Crippen LogP contribution in [-0.2, 0) is 0 Å². The molecule has 3 saturated carbocycles. The van der Waals surface area contributed by atoms with Crippen LogP contribution in [0.15, 0.2) is 42.6 Å². The van der Waals surface area contributed by atoms with E-state index in [-0.39, 0.29) is 11.9 Å². The van der Waals surface area contributed by atoms with Gasteiger partial charge in [0.2, 0.25) is 0 Å². The monoisotopic (exact) mass is 437 g/mol. The first kappa shape index (κ1) is 20.5. The van der Waals surface area contributed by atoms with Gasteiger partial charge in [-0.2, -0.15) is 5.10 Å². The Labute approximate surface area is 195 Å². The molecule has 168 valence electrons. The third-order valence-electron chi connectivity index (χ3n) is 8.20. The SMILES string of the molecule is CC#Cc1ccc(C(=O)NC2CC3(CCC3)C2)c2c1cnn2[C@@H](C)c1ccc(C2CC2)cc1. The quantitative estimate of drug-likeness (QED) is 0.501. The van der Waals surface area contributed by atoms with Crippen LogP contribution >= 0.6 is 0 Å². The summed E-state index contributed by atoms with van der Waals surface area (Å²) in [5.41, 5.74) is 5.67. The third-order valence-corrected chi connectivity index (χ3v) is 8.20. The van der Waals surface area contributed by atoms with Gasteiger partial charge in [0.05, 0.1) is 23.3 Å². The maximum Gasteiger partial charge on any atom is 0.253 e. The zero-order valence-corrected chi connectivity index (χ0v) is 19.5. The molecule has 3 aliphatic carbocycles. The normalized spacial score (nSPS) is 19.9. The second-order valence-electron chi connectivity index (χ2n) is 10.4. The Bertz CT molecular complexity index is 1270. The number of hydrogen-bond acceptors (Lipinski definition) is 2. The lowest BCUT2D eigenvalue weighted by molar-refractivity contribution is -0.000604. The van der Waals surface area contributed by atoms with E-state index in [9.17, 15) is 4.79 Å². The Morgan fingerprint density at radius 1 is 1.15 bits per heavy atom. The molecule has 0 aliphatic heterocycles. The molecule has 2 aromatic carbocycles. The van der Waals surface area contributed by atoms with Gasteiger partial charge in [-0.25, -0.2) is 0 Å². The Morgan fingerprint density at radius 2 is 1.91 bits per heavy atom. The number of nitrogens with zero attached hydrogens (tertiary/aromatic N) is 2. The molecule has 0 saturated heterocycles. The first-order valence-electron chi connectivity index (χ1n) is 12.4. The molecule has 3 aliphatic rings. The fourth-order valence-corrected chi connectivity index (χ4v) is 5.92. The van der Waals surface area contributed by atoms with Crippen LogP contribution in [0, 0.1) is 17.3 Å². The summed E-state index contributed by atoms with van der Waals surface area (Å²) in [6.07, 6.45) is 10.7. The maximum atomic E-state index is 13.4. The summed E-state index contributed by atoms with van der Waals surface area (Å²) in [5.74, 6) is 6.95. The summed E-state index contributed by atoms with van der Waals surface area (Å²) in [6, 6.07) is 13.1. The molecule has 4 heteroatoms. The van der Waals surface area contributed by atoms with Crippen molar-refractivity contribution in [3.8, 4) is 11.8 Å². The average molecular weight is 438 g/mol. The topological polar surface area (TPSA) is 46.9 Å². The lowest BCUT2D eigenvalue weighted by Gasteiger charge is -2.54. The molecule has 1 spiro atoms. The first-order valence-corrected chi connectivity index (χ1v) is 12.4. The number of nitrogens with one attached hydrogen (secondary N) is 1. The molecule has 33 heavy (non-hydrogen) atoms. The van der Waals surface area contributed by atoms with E-state index in [1.807, 2.05) is 29.9 Å². The summed E-state index contributed by atoms with van der Waals surface area (Å²) in [5, 5.41) is 9.01. The Morgan fingerprint density at radius 3 is 2.55 bits per heavy atom. The van der Waals surface area contributed by atoms with E-state index in [0.717, 1.165) is 35.2 Å². The van der Waals surface area contributed by atoms with E-state index in [1.54, 1.807) is 0 Å². The van der Waals surface area contributed by atoms with Gasteiger partial charge in [0.15, 0.2) is 0 Å². The molecule has 1 atom stereocenters. The minimum absolute atomic E-state index is 0.00760. The van der Waals surface area contributed by atoms with E-state index in [0.29, 0.717) is 17.0 Å². The number of hydrogen-bond donors (Lipinski definition) is 1. The van der Waals surface area contributed by atoms with Gasteiger partial charge in [-0.05, 0) is 87.0 Å². The minimum atomic E-state index is 0.00760. The van der Waals surface area contributed by atoms with Crippen molar-refractivity contribution >= 4 is 16.8 Å². The molecule has 4 nitrogen and oxygen atoms in total. The fourth-order valence-electron chi connectivity index (χ4n) is 5.92. The summed E-state index contributed by atoms with van der Waals surface area (Å²) in [7, 11) is 0. The van der Waals surface area contributed by atoms with E-state index >= 15 is 0 Å². The van der Waals surface area contributed by atoms with Crippen LogP contribution in [0.4, 0.5) is 0 Å². The predicted octanol–water partition coefficient (Wildman–Crippen LogP) is 5.96. The van der Waals surface area contributed by atoms with Crippen molar-refractivity contribution in [2.45, 2.75) is 76.8 Å². The van der Waals surface area contributed by atoms with Crippen LogP contribution in [-0.4, -0.2) is 21.7 Å². The lowest BCUT2D eigenvalue weighted by Crippen LogP contribution is -2.53. The van der Waals surface area contributed by atoms with Crippen molar-refractivity contribution in [2.24, 2.45) is 5.41 Å². The number of aromatic nitrogens is 2. The summed E-state index contributed by atoms with van der Waals surface area (Å²) < 4.78 is 2.01. The van der Waals surface area contributed by atoms with Crippen LogP contribution in [0.1, 0.15) is 97.8 Å². The molecule has 0 radical (unpaired) electrons. The van der Waals surface area contributed by atoms with Crippen LogP contribution in [0.2, 0.25) is 0 Å². The van der Waals surface area contributed by atoms with E-state index < -0.39 is 0 Å². The molecule has 3 aromatic rings. The van der Waals surface area contributed by atoms with Crippen LogP contribution < -0.4 is 5.32 Å². The van der Waals surface area contributed by atoms with E-state index in [4.69, 9.17) is 5.10 Å². The Hall–Kier alpha value is -3.06. The van der Waals surface area contributed by atoms with Gasteiger partial charge in [0.1, 0.15) is 0 Å². The number of rotatable bonds is 5. The van der Waals surface area contributed by atoms with Gasteiger partial charge < -0.3 is 5.32 Å². The maximum absolute atomic E-state index is 13.4. The fraction of sp³-hybridized carbons (Fsp3) is 0.448. The molecule has 1 N–H and O–H groups in total. The van der Waals surface area contributed by atoms with Crippen LogP contribution in [0.5, 0.6) is 0 Å². The standard InChI is InChI=1S/C29H31N3O/c1-3-5-23-12-13-25(28(33)31-24-16-29(17-24)14-4-15-29)27-26(23)18-30-32(27)19(2)20-6-8-21(9-7-20)22-10-11-22/h6-9,12-13,18-19,22,24H,4,10-11,14-17H2,1-2H3,(H,31,33)/t19-/m0/s1. The zero-order valence-electron chi connectivity index (χ0n) is 19.5. The molecule has 0 bridgehead atoms. The highest BCUT2D eigenvalue weighted by Gasteiger charge is 2.48. The van der Waals surface area contributed by atoms with Gasteiger partial charge in [0, 0.05) is 17.0 Å². The summed E-state index contributed by atoms with van der Waals surface area (Å²) in [4.78, 5) is 13.4. The average Bonchev–Trinajstić information content (AvgIpc) is 3.53. The number of carbonyl (C=O) groups excluding carboxylic acids is 1. The number of benzene rings is 2. The summed E-state index contributed by atoms with van der Waals surface area (Å²) >= 11 is 0. The van der Waals surface area contributed by atoms with Gasteiger partial charge >= 0.3 is 0 Å². The molecule has 0 unspecified atom stereocenters. The van der Waals surface area contributed by atoms with E-state index in [2.05, 4.69) is 48.3 Å². The number of amides is 1. The highest BCUT2D eigenvalue weighted by Crippen LogP contribution is 2.55. The predicted molar refractivity (Wildman–Crippen MR) is 131 cm³/mol. The Kier molecular flexibility index (Phi) is 4.83. The van der Waals surface area contributed by atoms with Gasteiger partial charge in [-0.15, -0.1) is 5.92 Å². The van der Waals surface area contributed by atoms with Gasteiger partial charge in [-0.3, -0.25) is 9.48 Å². The van der Waals surface area contributed by atoms with Crippen molar-refractivity contribution in [1.82, 2.24) is 15.1 Å². The second kappa shape index (κ2) is 7.76. The van der Waals surface area contributed by atoms with Crippen LogP contribution in [0.3, 0.4) is 0 Å². The number of fused-ring (bicyclic) bond motifs is 1. The van der Waals surface area contributed by atoms with Crippen molar-refractivity contribution in [3.63, 3.8) is 0 Å². The smallest absolute Gasteiger partial charge is 0.253 e. The molecule has 1 heterocycles. The molecule has 3 fully saturated rings. The highest BCUT2D eigenvalue weighted by molar-refractivity contribution is 6.07. The third kappa shape index (κ3) is 3.55. The molecule has 1 aromatic heterocycles. The number of carbonyl (C=O) groups is 1. The summed E-state index contributed by atoms with van der Waals surface area (Å²) in [6.45, 7) is 4.00. The van der Waals surface area contributed by atoms with Crippen molar-refractivity contribution in [2.75, 3.05) is 0 Å². The lowest BCUT2D eigenvalue weighted by atomic mass is 9.54. The van der Waals surface area contributed by atoms with Gasteiger partial charge in [-0.1, -0.05) is 36.6 Å². The second-order valence-corrected chi connectivity index (χ2v) is 10.4. The van der Waals surface area contributed by atoms with Crippen molar-refractivity contribution < 1.29 is 4.79 Å². The minimum Gasteiger partial charge on any atom is -0.349 e. The van der Waals surface area contributed by atoms with Gasteiger partial charge in [0.25, 0.3) is 5.91 Å². The van der Waals surface area contributed by atoms with E-state index in [1.165, 1.54) is 43.2 Å². The van der Waals surface area contributed by atoms with Crippen molar-refractivity contribution in [1.29, 1.82) is 0 Å². The van der Waals surface area contributed by atoms with Crippen LogP contribution in [0.25, 0.3) is 10.9 Å². The highest BCUT2D eigenvalue weighted by atomic mass is 16.1.